The highest BCUT2D eigenvalue weighted by Gasteiger charge is 2.14. The standard InChI is InChI=1S/C17H16N4/c1-10-8-11(2)15-13(9-10)18-17(19-15)16-12-6-4-5-7-14(12)21(3)20-16/h4-9H,1-3H3,(H,18,19). The topological polar surface area (TPSA) is 46.5 Å². The molecule has 0 aliphatic heterocycles. The summed E-state index contributed by atoms with van der Waals surface area (Å²) in [6.07, 6.45) is 0. The summed E-state index contributed by atoms with van der Waals surface area (Å²) in [5, 5.41) is 5.75. The van der Waals surface area contributed by atoms with Gasteiger partial charge in [-0.3, -0.25) is 4.68 Å². The molecule has 0 saturated heterocycles. The Hall–Kier alpha value is -2.62. The number of fused-ring (bicyclic) bond motifs is 2. The molecule has 2 heterocycles. The smallest absolute Gasteiger partial charge is 0.159 e. The third-order valence-corrected chi connectivity index (χ3v) is 3.90. The Bertz CT molecular complexity index is 975. The van der Waals surface area contributed by atoms with Crippen LogP contribution in [0.5, 0.6) is 0 Å². The van der Waals surface area contributed by atoms with E-state index in [9.17, 15) is 0 Å². The van der Waals surface area contributed by atoms with Crippen LogP contribution in [0.1, 0.15) is 11.1 Å². The number of aryl methyl sites for hydroxylation is 3. The lowest BCUT2D eigenvalue weighted by Gasteiger charge is -1.96. The maximum Gasteiger partial charge on any atom is 0.159 e. The average Bonchev–Trinajstić information content (AvgIpc) is 3.01. The molecule has 0 atom stereocenters. The molecule has 0 unspecified atom stereocenters. The molecule has 0 spiro atoms. The summed E-state index contributed by atoms with van der Waals surface area (Å²) in [4.78, 5) is 8.17. The minimum Gasteiger partial charge on any atom is -0.337 e. The van der Waals surface area contributed by atoms with Gasteiger partial charge in [-0.05, 0) is 37.1 Å². The Kier molecular flexibility index (Phi) is 2.42. The molecule has 0 amide bonds. The molecule has 4 rings (SSSR count). The van der Waals surface area contributed by atoms with Gasteiger partial charge < -0.3 is 4.98 Å². The van der Waals surface area contributed by atoms with Crippen LogP contribution in [0.3, 0.4) is 0 Å². The highest BCUT2D eigenvalue weighted by molar-refractivity contribution is 5.93. The molecular formula is C17H16N4. The number of imidazole rings is 1. The molecule has 2 aromatic carbocycles. The number of nitrogens with one attached hydrogen (secondary N) is 1. The Morgan fingerprint density at radius 1 is 1.10 bits per heavy atom. The monoisotopic (exact) mass is 276 g/mol. The number of para-hydroxylation sites is 1. The van der Waals surface area contributed by atoms with Crippen LogP contribution in [0.25, 0.3) is 33.5 Å². The number of aromatic nitrogens is 4. The molecule has 4 nitrogen and oxygen atoms in total. The van der Waals surface area contributed by atoms with Gasteiger partial charge in [-0.25, -0.2) is 4.98 Å². The van der Waals surface area contributed by atoms with Gasteiger partial charge in [-0.1, -0.05) is 24.3 Å². The van der Waals surface area contributed by atoms with Crippen LogP contribution in [0.2, 0.25) is 0 Å². The summed E-state index contributed by atoms with van der Waals surface area (Å²) in [5.74, 6) is 0.829. The van der Waals surface area contributed by atoms with Gasteiger partial charge in [0.15, 0.2) is 5.82 Å². The minimum atomic E-state index is 0.829. The fraction of sp³-hybridized carbons (Fsp3) is 0.176. The van der Waals surface area contributed by atoms with Crippen molar-refractivity contribution in [2.45, 2.75) is 13.8 Å². The molecule has 0 fully saturated rings. The third-order valence-electron chi connectivity index (χ3n) is 3.90. The Morgan fingerprint density at radius 3 is 2.76 bits per heavy atom. The highest BCUT2D eigenvalue weighted by atomic mass is 15.3. The predicted octanol–water partition coefficient (Wildman–Crippen LogP) is 3.73. The summed E-state index contributed by atoms with van der Waals surface area (Å²) in [6.45, 7) is 4.19. The molecular weight excluding hydrogens is 260 g/mol. The van der Waals surface area contributed by atoms with Crippen molar-refractivity contribution in [2.24, 2.45) is 7.05 Å². The van der Waals surface area contributed by atoms with E-state index in [1.165, 1.54) is 11.1 Å². The first-order chi connectivity index (χ1) is 10.1. The third kappa shape index (κ3) is 1.76. The van der Waals surface area contributed by atoms with Crippen molar-refractivity contribution in [1.29, 1.82) is 0 Å². The Labute approximate surface area is 122 Å². The molecule has 4 heteroatoms. The maximum atomic E-state index is 4.76. The van der Waals surface area contributed by atoms with Crippen LogP contribution < -0.4 is 0 Å². The van der Waals surface area contributed by atoms with E-state index in [2.05, 4.69) is 48.2 Å². The van der Waals surface area contributed by atoms with E-state index < -0.39 is 0 Å². The molecule has 0 aliphatic carbocycles. The van der Waals surface area contributed by atoms with E-state index in [-0.39, 0.29) is 0 Å². The zero-order chi connectivity index (χ0) is 14.6. The molecule has 1 N–H and O–H groups in total. The fourth-order valence-electron chi connectivity index (χ4n) is 2.97. The molecule has 0 saturated carbocycles. The van der Waals surface area contributed by atoms with E-state index in [4.69, 9.17) is 4.98 Å². The van der Waals surface area contributed by atoms with Gasteiger partial charge in [0.05, 0.1) is 16.6 Å². The minimum absolute atomic E-state index is 0.829. The largest absolute Gasteiger partial charge is 0.337 e. The number of rotatable bonds is 1. The van der Waals surface area contributed by atoms with Gasteiger partial charge in [0, 0.05) is 12.4 Å². The van der Waals surface area contributed by atoms with Crippen molar-refractivity contribution in [1.82, 2.24) is 19.7 Å². The summed E-state index contributed by atoms with van der Waals surface area (Å²) in [5.41, 5.74) is 6.53. The molecule has 104 valence electrons. The van der Waals surface area contributed by atoms with Crippen LogP contribution in [0, 0.1) is 13.8 Å². The normalized spacial score (nSPS) is 11.6. The highest BCUT2D eigenvalue weighted by Crippen LogP contribution is 2.28. The van der Waals surface area contributed by atoms with Crippen LogP contribution in [0.4, 0.5) is 0 Å². The molecule has 0 aliphatic rings. The van der Waals surface area contributed by atoms with Crippen molar-refractivity contribution < 1.29 is 0 Å². The Balaban J connectivity index is 2.03. The van der Waals surface area contributed by atoms with Gasteiger partial charge in [-0.15, -0.1) is 0 Å². The summed E-state index contributed by atoms with van der Waals surface area (Å²) in [7, 11) is 1.96. The van der Waals surface area contributed by atoms with Crippen molar-refractivity contribution in [2.75, 3.05) is 0 Å². The van der Waals surface area contributed by atoms with Crippen molar-refractivity contribution in [3.63, 3.8) is 0 Å². The van der Waals surface area contributed by atoms with Gasteiger partial charge >= 0.3 is 0 Å². The zero-order valence-corrected chi connectivity index (χ0v) is 12.3. The molecule has 2 aromatic heterocycles. The van der Waals surface area contributed by atoms with E-state index in [1.807, 2.05) is 23.9 Å². The number of nitrogens with zero attached hydrogens (tertiary/aromatic N) is 3. The number of hydrogen-bond donors (Lipinski definition) is 1. The second-order valence-corrected chi connectivity index (χ2v) is 5.55. The number of benzene rings is 2. The maximum absolute atomic E-state index is 4.76. The SMILES string of the molecule is Cc1cc(C)c2nc(-c3nn(C)c4ccccc34)[nH]c2c1. The molecule has 0 bridgehead atoms. The number of H-pyrrole nitrogens is 1. The number of aromatic amines is 1. The first-order valence-electron chi connectivity index (χ1n) is 7.02. The van der Waals surface area contributed by atoms with Crippen molar-refractivity contribution in [3.8, 4) is 11.5 Å². The quantitative estimate of drug-likeness (QED) is 0.575. The first kappa shape index (κ1) is 12.1. The van der Waals surface area contributed by atoms with E-state index >= 15 is 0 Å². The lowest BCUT2D eigenvalue weighted by atomic mass is 10.1. The van der Waals surface area contributed by atoms with E-state index in [0.717, 1.165) is 33.5 Å². The second kappa shape index (κ2) is 4.19. The van der Waals surface area contributed by atoms with Gasteiger partial charge in [0.1, 0.15) is 5.69 Å². The Morgan fingerprint density at radius 2 is 1.90 bits per heavy atom. The zero-order valence-electron chi connectivity index (χ0n) is 12.3. The van der Waals surface area contributed by atoms with Crippen LogP contribution >= 0.6 is 0 Å². The molecule has 4 aromatic rings. The van der Waals surface area contributed by atoms with E-state index in [1.54, 1.807) is 0 Å². The van der Waals surface area contributed by atoms with Crippen molar-refractivity contribution >= 4 is 21.9 Å². The molecule has 0 radical (unpaired) electrons. The van der Waals surface area contributed by atoms with E-state index in [0.29, 0.717) is 0 Å². The van der Waals surface area contributed by atoms with Gasteiger partial charge in [0.2, 0.25) is 0 Å². The lowest BCUT2D eigenvalue weighted by Crippen LogP contribution is -1.90. The summed E-state index contributed by atoms with van der Waals surface area (Å²) < 4.78 is 1.90. The fourth-order valence-corrected chi connectivity index (χ4v) is 2.97. The van der Waals surface area contributed by atoms with Crippen LogP contribution in [-0.2, 0) is 7.05 Å². The second-order valence-electron chi connectivity index (χ2n) is 5.55. The van der Waals surface area contributed by atoms with Crippen LogP contribution in [0.15, 0.2) is 36.4 Å². The first-order valence-corrected chi connectivity index (χ1v) is 7.02. The van der Waals surface area contributed by atoms with Crippen LogP contribution in [-0.4, -0.2) is 19.7 Å². The van der Waals surface area contributed by atoms with Gasteiger partial charge in [-0.2, -0.15) is 5.10 Å². The predicted molar refractivity (Wildman–Crippen MR) is 85.3 cm³/mol. The van der Waals surface area contributed by atoms with Crippen molar-refractivity contribution in [3.05, 3.63) is 47.5 Å². The van der Waals surface area contributed by atoms with Gasteiger partial charge in [0.25, 0.3) is 0 Å². The summed E-state index contributed by atoms with van der Waals surface area (Å²) >= 11 is 0. The summed E-state index contributed by atoms with van der Waals surface area (Å²) in [6, 6.07) is 12.5. The number of hydrogen-bond acceptors (Lipinski definition) is 2. The lowest BCUT2D eigenvalue weighted by molar-refractivity contribution is 0.798. The average molecular weight is 276 g/mol. The molecule has 21 heavy (non-hydrogen) atoms.